The van der Waals surface area contributed by atoms with Gasteiger partial charge in [0.05, 0.1) is 20.8 Å². The summed E-state index contributed by atoms with van der Waals surface area (Å²) in [7, 11) is 5.05. The average Bonchev–Trinajstić information content (AvgIpc) is 2.69. The predicted molar refractivity (Wildman–Crippen MR) is 104 cm³/mol. The van der Waals surface area contributed by atoms with Crippen LogP contribution in [0.25, 0.3) is 0 Å². The smallest absolute Gasteiger partial charge is 0.191 e. The summed E-state index contributed by atoms with van der Waals surface area (Å²) in [5.41, 5.74) is 2.23. The molecule has 0 atom stereocenters. The third-order valence-electron chi connectivity index (χ3n) is 3.83. The van der Waals surface area contributed by atoms with Crippen LogP contribution in [0.5, 0.6) is 17.2 Å². The van der Waals surface area contributed by atoms with E-state index in [0.717, 1.165) is 34.3 Å². The molecule has 2 N–H and O–H groups in total. The number of ether oxygens (including phenoxy) is 3. The maximum Gasteiger partial charge on any atom is 0.191 e. The molecule has 140 valence electrons. The molecule has 0 aliphatic carbocycles. The highest BCUT2D eigenvalue weighted by Gasteiger charge is 2.06. The molecule has 0 spiro atoms. The highest BCUT2D eigenvalue weighted by Crippen LogP contribution is 2.27. The van der Waals surface area contributed by atoms with E-state index in [1.807, 2.05) is 49.4 Å². The number of rotatable bonds is 8. The van der Waals surface area contributed by atoms with Crippen LogP contribution in [0.1, 0.15) is 18.1 Å². The number of benzene rings is 2. The van der Waals surface area contributed by atoms with Crippen molar-refractivity contribution in [1.82, 2.24) is 10.6 Å². The molecule has 2 aromatic carbocycles. The molecule has 6 heteroatoms. The molecule has 0 saturated carbocycles. The summed E-state index contributed by atoms with van der Waals surface area (Å²) in [5, 5.41) is 6.60. The first-order valence-electron chi connectivity index (χ1n) is 8.57. The second-order valence-corrected chi connectivity index (χ2v) is 5.55. The van der Waals surface area contributed by atoms with E-state index in [1.165, 1.54) is 0 Å². The zero-order chi connectivity index (χ0) is 18.8. The van der Waals surface area contributed by atoms with Crippen LogP contribution in [0.15, 0.2) is 47.5 Å². The van der Waals surface area contributed by atoms with Gasteiger partial charge in [0, 0.05) is 20.1 Å². The number of guanidine groups is 1. The Labute approximate surface area is 155 Å². The van der Waals surface area contributed by atoms with Crippen LogP contribution in [0.4, 0.5) is 0 Å². The van der Waals surface area contributed by atoms with Crippen molar-refractivity contribution < 1.29 is 14.2 Å². The zero-order valence-corrected chi connectivity index (χ0v) is 15.8. The first-order chi connectivity index (χ1) is 12.7. The van der Waals surface area contributed by atoms with Crippen molar-refractivity contribution in [3.05, 3.63) is 53.6 Å². The quantitative estimate of drug-likeness (QED) is 0.562. The monoisotopic (exact) mass is 357 g/mol. The lowest BCUT2D eigenvalue weighted by molar-refractivity contribution is 0.310. The number of nitrogens with zero attached hydrogens (tertiary/aromatic N) is 1. The van der Waals surface area contributed by atoms with Gasteiger partial charge < -0.3 is 24.8 Å². The number of nitrogens with one attached hydrogen (secondary N) is 2. The van der Waals surface area contributed by atoms with Gasteiger partial charge in [0.2, 0.25) is 0 Å². The van der Waals surface area contributed by atoms with Crippen LogP contribution in [-0.4, -0.2) is 33.8 Å². The molecule has 6 nitrogen and oxygen atoms in total. The van der Waals surface area contributed by atoms with E-state index in [0.29, 0.717) is 19.7 Å². The summed E-state index contributed by atoms with van der Waals surface area (Å²) in [6.45, 7) is 3.86. The first kappa shape index (κ1) is 19.4. The van der Waals surface area contributed by atoms with Crippen molar-refractivity contribution in [2.45, 2.75) is 20.0 Å². The summed E-state index contributed by atoms with van der Waals surface area (Å²) in [6, 6.07) is 13.8. The normalized spacial score (nSPS) is 11.0. The minimum Gasteiger partial charge on any atom is -0.497 e. The average molecular weight is 357 g/mol. The van der Waals surface area contributed by atoms with E-state index in [2.05, 4.69) is 15.6 Å². The Bertz CT molecular complexity index is 715. The zero-order valence-electron chi connectivity index (χ0n) is 15.8. The van der Waals surface area contributed by atoms with Gasteiger partial charge in [-0.3, -0.25) is 4.99 Å². The third kappa shape index (κ3) is 5.58. The van der Waals surface area contributed by atoms with Gasteiger partial charge in [-0.05, 0) is 42.3 Å². The standard InChI is InChI=1S/C20H27N3O3/c1-5-26-19-12-16(8-11-18(19)25-4)14-23-20(21-2)22-13-15-6-9-17(24-3)10-7-15/h6-12H,5,13-14H2,1-4H3,(H2,21,22,23). The molecule has 0 fully saturated rings. The van der Waals surface area contributed by atoms with Crippen molar-refractivity contribution in [3.63, 3.8) is 0 Å². The van der Waals surface area contributed by atoms with E-state index < -0.39 is 0 Å². The summed E-state index contributed by atoms with van der Waals surface area (Å²) in [5.74, 6) is 3.06. The molecule has 0 bridgehead atoms. The lowest BCUT2D eigenvalue weighted by Crippen LogP contribution is -2.36. The fraction of sp³-hybridized carbons (Fsp3) is 0.350. The van der Waals surface area contributed by atoms with Gasteiger partial charge in [-0.1, -0.05) is 18.2 Å². The van der Waals surface area contributed by atoms with E-state index >= 15 is 0 Å². The molecule has 0 aliphatic heterocycles. The van der Waals surface area contributed by atoms with Gasteiger partial charge in [0.25, 0.3) is 0 Å². The summed E-state index contributed by atoms with van der Waals surface area (Å²) in [6.07, 6.45) is 0. The molecule has 2 aromatic rings. The van der Waals surface area contributed by atoms with Gasteiger partial charge in [-0.15, -0.1) is 0 Å². The van der Waals surface area contributed by atoms with Crippen LogP contribution in [0.3, 0.4) is 0 Å². The molecule has 0 radical (unpaired) electrons. The van der Waals surface area contributed by atoms with Crippen molar-refractivity contribution in [1.29, 1.82) is 0 Å². The van der Waals surface area contributed by atoms with Crippen LogP contribution in [0.2, 0.25) is 0 Å². The molecule has 0 saturated heterocycles. The predicted octanol–water partition coefficient (Wildman–Crippen LogP) is 2.97. The minimum atomic E-state index is 0.596. The topological polar surface area (TPSA) is 64.1 Å². The fourth-order valence-electron chi connectivity index (χ4n) is 2.43. The van der Waals surface area contributed by atoms with Gasteiger partial charge in [-0.2, -0.15) is 0 Å². The number of methoxy groups -OCH3 is 2. The van der Waals surface area contributed by atoms with Gasteiger partial charge in [-0.25, -0.2) is 0 Å². The van der Waals surface area contributed by atoms with Crippen LogP contribution < -0.4 is 24.8 Å². The molecule has 0 amide bonds. The fourth-order valence-corrected chi connectivity index (χ4v) is 2.43. The van der Waals surface area contributed by atoms with Crippen molar-refractivity contribution in [3.8, 4) is 17.2 Å². The van der Waals surface area contributed by atoms with E-state index in [1.54, 1.807) is 21.3 Å². The molecule has 2 rings (SSSR count). The molecule has 0 unspecified atom stereocenters. The Morgan fingerprint density at radius 1 is 0.885 bits per heavy atom. The molecular weight excluding hydrogens is 330 g/mol. The van der Waals surface area contributed by atoms with Gasteiger partial charge >= 0.3 is 0 Å². The van der Waals surface area contributed by atoms with E-state index in [9.17, 15) is 0 Å². The second-order valence-electron chi connectivity index (χ2n) is 5.55. The Morgan fingerprint density at radius 3 is 2.12 bits per heavy atom. The SMILES string of the molecule is CCOc1cc(CNC(=NC)NCc2ccc(OC)cc2)ccc1OC. The Morgan fingerprint density at radius 2 is 1.54 bits per heavy atom. The Kier molecular flexibility index (Phi) is 7.61. The lowest BCUT2D eigenvalue weighted by atomic mass is 10.2. The highest BCUT2D eigenvalue weighted by atomic mass is 16.5. The van der Waals surface area contributed by atoms with Crippen molar-refractivity contribution >= 4 is 5.96 Å². The highest BCUT2D eigenvalue weighted by molar-refractivity contribution is 5.79. The summed E-state index contributed by atoms with van der Waals surface area (Å²) in [4.78, 5) is 4.26. The van der Waals surface area contributed by atoms with Crippen molar-refractivity contribution in [2.24, 2.45) is 4.99 Å². The van der Waals surface area contributed by atoms with Crippen LogP contribution in [-0.2, 0) is 13.1 Å². The molecule has 0 heterocycles. The summed E-state index contributed by atoms with van der Waals surface area (Å²) >= 11 is 0. The Hall–Kier alpha value is -2.89. The molecular formula is C20H27N3O3. The molecule has 0 aliphatic rings. The van der Waals surface area contributed by atoms with E-state index in [-0.39, 0.29) is 0 Å². The number of hydrogen-bond acceptors (Lipinski definition) is 4. The summed E-state index contributed by atoms with van der Waals surface area (Å²) < 4.78 is 16.1. The Balaban J connectivity index is 1.90. The van der Waals surface area contributed by atoms with E-state index in [4.69, 9.17) is 14.2 Å². The van der Waals surface area contributed by atoms with Crippen LogP contribution >= 0.6 is 0 Å². The largest absolute Gasteiger partial charge is 0.497 e. The third-order valence-corrected chi connectivity index (χ3v) is 3.83. The lowest BCUT2D eigenvalue weighted by Gasteiger charge is -2.14. The number of hydrogen-bond donors (Lipinski definition) is 2. The maximum atomic E-state index is 5.62. The second kappa shape index (κ2) is 10.2. The van der Waals surface area contributed by atoms with Crippen LogP contribution in [0, 0.1) is 0 Å². The van der Waals surface area contributed by atoms with Crippen molar-refractivity contribution in [2.75, 3.05) is 27.9 Å². The molecule has 0 aromatic heterocycles. The minimum absolute atomic E-state index is 0.596. The first-order valence-corrected chi connectivity index (χ1v) is 8.57. The maximum absolute atomic E-state index is 5.62. The van der Waals surface area contributed by atoms with Gasteiger partial charge in [0.1, 0.15) is 5.75 Å². The number of aliphatic imine (C=N–C) groups is 1. The molecule has 26 heavy (non-hydrogen) atoms. The van der Waals surface area contributed by atoms with Gasteiger partial charge in [0.15, 0.2) is 17.5 Å².